The molecule has 0 atom stereocenters. The number of para-hydroxylation sites is 2. The summed E-state index contributed by atoms with van der Waals surface area (Å²) in [6.07, 6.45) is 0. The summed E-state index contributed by atoms with van der Waals surface area (Å²) in [5, 5.41) is 0. The second kappa shape index (κ2) is 14.5. The third kappa shape index (κ3) is 5.43. The predicted octanol–water partition coefficient (Wildman–Crippen LogP) is 14.3. The van der Waals surface area contributed by atoms with Gasteiger partial charge in [0, 0.05) is 16.7 Å². The second-order valence-electron chi connectivity index (χ2n) is 16.5. The van der Waals surface area contributed by atoms with E-state index < -0.39 is 5.41 Å². The second-order valence-corrected chi connectivity index (χ2v) is 16.5. The van der Waals surface area contributed by atoms with Crippen LogP contribution in [0.2, 0.25) is 0 Å². The van der Waals surface area contributed by atoms with Gasteiger partial charge < -0.3 is 4.90 Å². The molecule has 2 heterocycles. The number of nitrogens with zero attached hydrogens (tertiary/aromatic N) is 4. The number of fused-ring (bicyclic) bond motifs is 5. The molecule has 11 rings (SSSR count). The van der Waals surface area contributed by atoms with Crippen molar-refractivity contribution in [1.29, 1.82) is 0 Å². The van der Waals surface area contributed by atoms with Crippen molar-refractivity contribution in [3.63, 3.8) is 0 Å². The number of hydrogen-bond donors (Lipinski definition) is 0. The molecule has 0 unspecified atom stereocenters. The van der Waals surface area contributed by atoms with Crippen LogP contribution in [0.3, 0.4) is 0 Å². The Balaban J connectivity index is 1.17. The van der Waals surface area contributed by atoms with E-state index >= 15 is 0 Å². The molecule has 8 aromatic carbocycles. The van der Waals surface area contributed by atoms with Gasteiger partial charge in [0.1, 0.15) is 0 Å². The SMILES string of the molecule is C=C1c2ccccc2-c2cccc(C3(c4ccccc4)c4ccccc4N(c4c(C)c(C)c(-c5nc(-c6ccccc6)nc(-c6ccccc6)n5)c(C)c4C)c4ccccc43)c21. The fraction of sp³-hybridized carbons (Fsp3) is 0.0862. The van der Waals surface area contributed by atoms with Crippen molar-refractivity contribution in [2.45, 2.75) is 33.1 Å². The van der Waals surface area contributed by atoms with Crippen LogP contribution >= 0.6 is 0 Å². The van der Waals surface area contributed by atoms with Crippen LogP contribution in [0.15, 0.2) is 189 Å². The maximum atomic E-state index is 5.21. The molecular formula is C58H44N4. The molecule has 0 saturated heterocycles. The van der Waals surface area contributed by atoms with Gasteiger partial charge in [-0.25, -0.2) is 15.0 Å². The van der Waals surface area contributed by atoms with Gasteiger partial charge in [-0.2, -0.15) is 0 Å². The zero-order valence-electron chi connectivity index (χ0n) is 35.3. The Morgan fingerprint density at radius 2 is 0.823 bits per heavy atom. The summed E-state index contributed by atoms with van der Waals surface area (Å²) in [5.41, 5.74) is 21.2. The molecule has 9 aromatic rings. The van der Waals surface area contributed by atoms with Gasteiger partial charge in [0.05, 0.1) is 22.5 Å². The van der Waals surface area contributed by atoms with Gasteiger partial charge in [0.25, 0.3) is 0 Å². The van der Waals surface area contributed by atoms with E-state index in [0.717, 1.165) is 44.8 Å². The summed E-state index contributed by atoms with van der Waals surface area (Å²) in [6, 6.07) is 65.1. The Morgan fingerprint density at radius 3 is 1.39 bits per heavy atom. The van der Waals surface area contributed by atoms with Crippen LogP contribution in [0.25, 0.3) is 50.9 Å². The zero-order valence-corrected chi connectivity index (χ0v) is 35.3. The number of rotatable bonds is 6. The smallest absolute Gasteiger partial charge is 0.164 e. The topological polar surface area (TPSA) is 41.9 Å². The lowest BCUT2D eigenvalue weighted by Gasteiger charge is -2.48. The highest BCUT2D eigenvalue weighted by Crippen LogP contribution is 2.61. The summed E-state index contributed by atoms with van der Waals surface area (Å²) < 4.78 is 0. The van der Waals surface area contributed by atoms with E-state index in [1.807, 2.05) is 36.4 Å². The number of benzene rings is 8. The van der Waals surface area contributed by atoms with Crippen molar-refractivity contribution >= 4 is 22.6 Å². The summed E-state index contributed by atoms with van der Waals surface area (Å²) in [7, 11) is 0. The fourth-order valence-corrected chi connectivity index (χ4v) is 10.3. The standard InChI is InChI=1S/C58H44N4/c1-36-38(3)54(39(4)37(2)52(36)57-60-55(41-22-9-6-10-23-41)59-56(61-57)42-24-11-7-12-25-42)62-50-34-19-17-31-47(50)58(43-26-13-8-14-27-43,48-32-18-20-35-51(48)62)49-33-21-30-46-45-29-16-15-28-44(45)40(5)53(46)49/h6-35H,5H2,1-4H3. The first-order chi connectivity index (χ1) is 30.4. The van der Waals surface area contributed by atoms with E-state index in [2.05, 4.69) is 178 Å². The summed E-state index contributed by atoms with van der Waals surface area (Å²) in [4.78, 5) is 17.9. The quantitative estimate of drug-likeness (QED) is 0.168. The average molecular weight is 797 g/mol. The minimum atomic E-state index is -0.667. The third-order valence-corrected chi connectivity index (χ3v) is 13.3. The van der Waals surface area contributed by atoms with Crippen LogP contribution < -0.4 is 4.90 Å². The molecular weight excluding hydrogens is 753 g/mol. The predicted molar refractivity (Wildman–Crippen MR) is 255 cm³/mol. The number of hydrogen-bond acceptors (Lipinski definition) is 4. The highest BCUT2D eigenvalue weighted by molar-refractivity contribution is 6.03. The molecule has 296 valence electrons. The van der Waals surface area contributed by atoms with Crippen molar-refractivity contribution in [3.05, 3.63) is 244 Å². The van der Waals surface area contributed by atoms with Gasteiger partial charge in [0.15, 0.2) is 17.5 Å². The molecule has 0 saturated carbocycles. The zero-order chi connectivity index (χ0) is 42.1. The Hall–Kier alpha value is -7.69. The fourth-order valence-electron chi connectivity index (χ4n) is 10.3. The van der Waals surface area contributed by atoms with Crippen molar-refractivity contribution in [2.75, 3.05) is 4.90 Å². The minimum absolute atomic E-state index is 0.655. The van der Waals surface area contributed by atoms with Crippen LogP contribution in [0.4, 0.5) is 17.1 Å². The van der Waals surface area contributed by atoms with Crippen LogP contribution in [0.5, 0.6) is 0 Å². The van der Waals surface area contributed by atoms with E-state index in [1.165, 1.54) is 61.3 Å². The van der Waals surface area contributed by atoms with Crippen molar-refractivity contribution in [1.82, 2.24) is 15.0 Å². The maximum absolute atomic E-state index is 5.21. The van der Waals surface area contributed by atoms with E-state index in [1.54, 1.807) is 0 Å². The molecule has 0 radical (unpaired) electrons. The Morgan fingerprint density at radius 1 is 0.387 bits per heavy atom. The normalized spacial score (nSPS) is 13.3. The van der Waals surface area contributed by atoms with Gasteiger partial charge in [-0.05, 0) is 112 Å². The lowest BCUT2D eigenvalue weighted by Crippen LogP contribution is -2.38. The molecule has 0 N–H and O–H groups in total. The molecule has 62 heavy (non-hydrogen) atoms. The molecule has 4 heteroatoms. The molecule has 2 aliphatic rings. The van der Waals surface area contributed by atoms with Crippen LogP contribution in [-0.4, -0.2) is 15.0 Å². The Labute approximate surface area is 363 Å². The molecule has 0 fully saturated rings. The van der Waals surface area contributed by atoms with Crippen molar-refractivity contribution in [2.24, 2.45) is 0 Å². The van der Waals surface area contributed by atoms with E-state index in [-0.39, 0.29) is 0 Å². The van der Waals surface area contributed by atoms with Crippen molar-refractivity contribution < 1.29 is 0 Å². The van der Waals surface area contributed by atoms with Crippen molar-refractivity contribution in [3.8, 4) is 45.3 Å². The van der Waals surface area contributed by atoms with Crippen LogP contribution in [0.1, 0.15) is 55.6 Å². The maximum Gasteiger partial charge on any atom is 0.164 e. The van der Waals surface area contributed by atoms with E-state index in [0.29, 0.717) is 17.5 Å². The lowest BCUT2D eigenvalue weighted by molar-refractivity contribution is 0.729. The lowest BCUT2D eigenvalue weighted by atomic mass is 9.61. The first-order valence-corrected chi connectivity index (χ1v) is 21.3. The molecule has 1 aliphatic carbocycles. The first-order valence-electron chi connectivity index (χ1n) is 21.3. The largest absolute Gasteiger partial charge is 0.309 e. The minimum Gasteiger partial charge on any atom is -0.309 e. The Kier molecular flexibility index (Phi) is 8.73. The highest BCUT2D eigenvalue weighted by Gasteiger charge is 2.49. The average Bonchev–Trinajstić information content (AvgIpc) is 3.63. The summed E-state index contributed by atoms with van der Waals surface area (Å²) >= 11 is 0. The molecule has 1 aromatic heterocycles. The van der Waals surface area contributed by atoms with Gasteiger partial charge >= 0.3 is 0 Å². The molecule has 0 bridgehead atoms. The molecule has 1 aliphatic heterocycles. The van der Waals surface area contributed by atoms with Gasteiger partial charge in [-0.1, -0.05) is 176 Å². The summed E-state index contributed by atoms with van der Waals surface area (Å²) in [6.45, 7) is 13.8. The number of anilines is 3. The monoisotopic (exact) mass is 796 g/mol. The molecule has 0 amide bonds. The summed E-state index contributed by atoms with van der Waals surface area (Å²) in [5.74, 6) is 1.98. The van der Waals surface area contributed by atoms with Crippen LogP contribution in [-0.2, 0) is 5.41 Å². The third-order valence-electron chi connectivity index (χ3n) is 13.3. The van der Waals surface area contributed by atoms with Gasteiger partial charge in [-0.3, -0.25) is 0 Å². The van der Waals surface area contributed by atoms with Gasteiger partial charge in [-0.15, -0.1) is 0 Å². The van der Waals surface area contributed by atoms with Gasteiger partial charge in [0.2, 0.25) is 0 Å². The van der Waals surface area contributed by atoms with E-state index in [9.17, 15) is 0 Å². The van der Waals surface area contributed by atoms with E-state index in [4.69, 9.17) is 21.5 Å². The number of aromatic nitrogens is 3. The molecule has 4 nitrogen and oxygen atoms in total. The molecule has 0 spiro atoms. The highest BCUT2D eigenvalue weighted by atomic mass is 15.2. The van der Waals surface area contributed by atoms with Crippen LogP contribution in [0, 0.1) is 27.7 Å². The Bertz CT molecular complexity index is 3110. The first kappa shape index (κ1) is 37.3.